The van der Waals surface area contributed by atoms with Crippen LogP contribution in [0.5, 0.6) is 0 Å². The van der Waals surface area contributed by atoms with Gasteiger partial charge in [-0.2, -0.15) is 15.6 Å². The fourth-order valence-corrected chi connectivity index (χ4v) is 5.86. The summed E-state index contributed by atoms with van der Waals surface area (Å²) in [5.74, 6) is 0.416. The van der Waals surface area contributed by atoms with Crippen LogP contribution in [0.4, 0.5) is 0 Å². The van der Waals surface area contributed by atoms with E-state index in [-0.39, 0.29) is 11.0 Å². The highest BCUT2D eigenvalue weighted by Gasteiger charge is 2.66. The molecule has 0 spiro atoms. The molecule has 2 saturated carbocycles. The van der Waals surface area contributed by atoms with Gasteiger partial charge in [0, 0.05) is 6.54 Å². The average molecular weight is 358 g/mol. The van der Waals surface area contributed by atoms with Gasteiger partial charge >= 0.3 is 0 Å². The standard InChI is InChI=1S/C22H35N3O/c1-18-15-25(26-22(17-24)13-9-6-10-14-22)20(4,19(18,2)3)21(16-23)11-7-5-8-12-21/h18H,5-15H2,1-4H3. The minimum absolute atomic E-state index is 0.0502. The zero-order valence-corrected chi connectivity index (χ0v) is 17.1. The molecule has 3 aliphatic rings. The molecule has 0 N–H and O–H groups in total. The second-order valence-electron chi connectivity index (χ2n) is 9.77. The molecule has 0 aromatic heterocycles. The van der Waals surface area contributed by atoms with Gasteiger partial charge in [0.1, 0.15) is 0 Å². The quantitative estimate of drug-likeness (QED) is 0.682. The summed E-state index contributed by atoms with van der Waals surface area (Å²) < 4.78 is 0. The average Bonchev–Trinajstić information content (AvgIpc) is 2.83. The Morgan fingerprint density at radius 2 is 1.38 bits per heavy atom. The molecule has 2 unspecified atom stereocenters. The van der Waals surface area contributed by atoms with Crippen LogP contribution in [0.1, 0.15) is 91.9 Å². The Morgan fingerprint density at radius 1 is 0.846 bits per heavy atom. The maximum Gasteiger partial charge on any atom is 0.175 e. The Morgan fingerprint density at radius 3 is 1.88 bits per heavy atom. The van der Waals surface area contributed by atoms with Crippen molar-refractivity contribution in [2.24, 2.45) is 16.7 Å². The number of nitriles is 2. The Bertz CT molecular complexity index is 602. The smallest absolute Gasteiger partial charge is 0.175 e. The summed E-state index contributed by atoms with van der Waals surface area (Å²) in [6.45, 7) is 9.92. The molecule has 0 radical (unpaired) electrons. The first-order chi connectivity index (χ1) is 12.3. The molecular weight excluding hydrogens is 322 g/mol. The van der Waals surface area contributed by atoms with E-state index in [4.69, 9.17) is 4.84 Å². The van der Waals surface area contributed by atoms with Gasteiger partial charge in [-0.1, -0.05) is 46.5 Å². The van der Waals surface area contributed by atoms with Gasteiger partial charge in [0.05, 0.1) is 23.1 Å². The van der Waals surface area contributed by atoms with Crippen LogP contribution < -0.4 is 0 Å². The molecule has 0 aromatic rings. The molecule has 4 nitrogen and oxygen atoms in total. The van der Waals surface area contributed by atoms with Gasteiger partial charge in [-0.3, -0.25) is 4.84 Å². The van der Waals surface area contributed by atoms with Gasteiger partial charge in [0.2, 0.25) is 0 Å². The lowest BCUT2D eigenvalue weighted by atomic mass is 9.53. The number of hydroxylamine groups is 2. The van der Waals surface area contributed by atoms with Crippen LogP contribution in [0.15, 0.2) is 0 Å². The summed E-state index contributed by atoms with van der Waals surface area (Å²) >= 11 is 0. The van der Waals surface area contributed by atoms with Crippen LogP contribution in [0, 0.1) is 39.4 Å². The van der Waals surface area contributed by atoms with Gasteiger partial charge in [-0.25, -0.2) is 0 Å². The van der Waals surface area contributed by atoms with Crippen molar-refractivity contribution in [1.82, 2.24) is 5.06 Å². The SMILES string of the molecule is CC1CN(OC2(C#N)CCCCC2)C(C)(C2(C#N)CCCCC2)C1(C)C. The number of nitrogens with zero attached hydrogens (tertiary/aromatic N) is 3. The predicted octanol–water partition coefficient (Wildman–Crippen LogP) is 5.36. The Kier molecular flexibility index (Phi) is 5.15. The molecule has 2 atom stereocenters. The summed E-state index contributed by atoms with van der Waals surface area (Å²) in [6.07, 6.45) is 10.3. The lowest BCUT2D eigenvalue weighted by Gasteiger charge is -2.56. The van der Waals surface area contributed by atoms with Crippen molar-refractivity contribution in [3.63, 3.8) is 0 Å². The highest BCUT2D eigenvalue weighted by atomic mass is 16.7. The number of hydrogen-bond donors (Lipinski definition) is 0. The van der Waals surface area contributed by atoms with Crippen molar-refractivity contribution in [3.05, 3.63) is 0 Å². The molecule has 1 saturated heterocycles. The lowest BCUT2D eigenvalue weighted by molar-refractivity contribution is -0.295. The zero-order valence-electron chi connectivity index (χ0n) is 17.1. The first kappa shape index (κ1) is 19.7. The van der Waals surface area contributed by atoms with Gasteiger partial charge in [-0.05, 0) is 56.8 Å². The van der Waals surface area contributed by atoms with E-state index in [1.165, 1.54) is 12.8 Å². The number of hydrogen-bond acceptors (Lipinski definition) is 4. The van der Waals surface area contributed by atoms with Gasteiger partial charge in [0.15, 0.2) is 5.60 Å². The second kappa shape index (κ2) is 6.81. The summed E-state index contributed by atoms with van der Waals surface area (Å²) in [6, 6.07) is 5.28. The molecule has 26 heavy (non-hydrogen) atoms. The minimum Gasteiger partial charge on any atom is -0.277 e. The molecule has 1 heterocycles. The van der Waals surface area contributed by atoms with E-state index in [1.54, 1.807) is 0 Å². The summed E-state index contributed by atoms with van der Waals surface area (Å²) in [5, 5.41) is 22.4. The monoisotopic (exact) mass is 357 g/mol. The largest absolute Gasteiger partial charge is 0.277 e. The fraction of sp³-hybridized carbons (Fsp3) is 0.909. The lowest BCUT2D eigenvalue weighted by Crippen LogP contribution is -2.63. The molecular formula is C22H35N3O. The van der Waals surface area contributed by atoms with Gasteiger partial charge in [0.25, 0.3) is 0 Å². The molecule has 144 valence electrons. The third-order valence-electron chi connectivity index (χ3n) is 8.43. The van der Waals surface area contributed by atoms with Crippen molar-refractivity contribution < 1.29 is 4.84 Å². The Balaban J connectivity index is 2.01. The van der Waals surface area contributed by atoms with E-state index < -0.39 is 11.0 Å². The van der Waals surface area contributed by atoms with E-state index in [2.05, 4.69) is 44.9 Å². The van der Waals surface area contributed by atoms with E-state index in [1.807, 2.05) is 0 Å². The van der Waals surface area contributed by atoms with E-state index >= 15 is 0 Å². The summed E-state index contributed by atoms with van der Waals surface area (Å²) in [7, 11) is 0. The van der Waals surface area contributed by atoms with Crippen LogP contribution in [0.25, 0.3) is 0 Å². The summed E-state index contributed by atoms with van der Waals surface area (Å²) in [4.78, 5) is 6.61. The van der Waals surface area contributed by atoms with Crippen molar-refractivity contribution in [2.45, 2.75) is 103 Å². The van der Waals surface area contributed by atoms with Gasteiger partial charge < -0.3 is 0 Å². The molecule has 3 fully saturated rings. The van der Waals surface area contributed by atoms with Crippen LogP contribution in [-0.4, -0.2) is 22.7 Å². The molecule has 0 bridgehead atoms. The van der Waals surface area contributed by atoms with E-state index in [0.717, 1.165) is 57.9 Å². The number of rotatable bonds is 3. The van der Waals surface area contributed by atoms with Gasteiger partial charge in [-0.15, -0.1) is 0 Å². The van der Waals surface area contributed by atoms with E-state index in [9.17, 15) is 10.5 Å². The van der Waals surface area contributed by atoms with Crippen LogP contribution in [0.3, 0.4) is 0 Å². The maximum atomic E-state index is 10.3. The minimum atomic E-state index is -0.703. The Labute approximate surface area is 159 Å². The van der Waals surface area contributed by atoms with E-state index in [0.29, 0.717) is 5.92 Å². The highest BCUT2D eigenvalue weighted by Crippen LogP contribution is 2.61. The van der Waals surface area contributed by atoms with Crippen LogP contribution in [0.2, 0.25) is 0 Å². The van der Waals surface area contributed by atoms with Crippen molar-refractivity contribution >= 4 is 0 Å². The van der Waals surface area contributed by atoms with Crippen LogP contribution >= 0.6 is 0 Å². The topological polar surface area (TPSA) is 60.0 Å². The third kappa shape index (κ3) is 2.69. The molecule has 0 amide bonds. The van der Waals surface area contributed by atoms with Crippen molar-refractivity contribution in [2.75, 3.05) is 6.54 Å². The first-order valence-electron chi connectivity index (χ1n) is 10.6. The van der Waals surface area contributed by atoms with Crippen molar-refractivity contribution in [3.8, 4) is 12.1 Å². The van der Waals surface area contributed by atoms with Crippen molar-refractivity contribution in [1.29, 1.82) is 10.5 Å². The predicted molar refractivity (Wildman–Crippen MR) is 102 cm³/mol. The van der Waals surface area contributed by atoms with Crippen LogP contribution in [-0.2, 0) is 4.84 Å². The fourth-order valence-electron chi connectivity index (χ4n) is 5.86. The highest BCUT2D eigenvalue weighted by molar-refractivity contribution is 5.22. The summed E-state index contributed by atoms with van der Waals surface area (Å²) in [5.41, 5.74) is -1.53. The Hall–Kier alpha value is -1.10. The first-order valence-corrected chi connectivity index (χ1v) is 10.6. The molecule has 4 heteroatoms. The molecule has 0 aromatic carbocycles. The third-order valence-corrected chi connectivity index (χ3v) is 8.43. The molecule has 3 rings (SSSR count). The zero-order chi connectivity index (χ0) is 19.1. The maximum absolute atomic E-state index is 10.3. The molecule has 1 aliphatic heterocycles. The molecule has 2 aliphatic carbocycles. The second-order valence-corrected chi connectivity index (χ2v) is 9.77. The normalized spacial score (nSPS) is 36.2.